The fraction of sp³-hybridized carbons (Fsp3) is 0.308. The maximum Gasteiger partial charge on any atom is 0.421 e. The molecule has 7 heteroatoms. The minimum atomic E-state index is -4.98. The summed E-state index contributed by atoms with van der Waals surface area (Å²) in [5.41, 5.74) is 2.58. The van der Waals surface area contributed by atoms with E-state index in [1.165, 1.54) is 13.0 Å². The predicted molar refractivity (Wildman–Crippen MR) is 67.0 cm³/mol. The molecule has 4 nitrogen and oxygen atoms in total. The smallest absolute Gasteiger partial charge is 0.421 e. The van der Waals surface area contributed by atoms with Crippen LogP contribution in [-0.4, -0.2) is 24.2 Å². The number of alkyl halides is 3. The van der Waals surface area contributed by atoms with Crippen LogP contribution in [-0.2, 0) is 15.1 Å². The van der Waals surface area contributed by atoms with E-state index in [4.69, 9.17) is 5.73 Å². The number of esters is 1. The van der Waals surface area contributed by atoms with Crippen molar-refractivity contribution in [3.8, 4) is 0 Å². The van der Waals surface area contributed by atoms with Gasteiger partial charge in [0.25, 0.3) is 0 Å². The third-order valence-electron chi connectivity index (χ3n) is 3.24. The Morgan fingerprint density at radius 1 is 1.30 bits per heavy atom. The minimum absolute atomic E-state index is 0.177. The van der Waals surface area contributed by atoms with Crippen LogP contribution >= 0.6 is 0 Å². The molecule has 0 fully saturated rings. The second-order valence-corrected chi connectivity index (χ2v) is 4.47. The van der Waals surface area contributed by atoms with Crippen molar-refractivity contribution in [1.82, 2.24) is 4.98 Å². The number of aromatic nitrogens is 1. The molecule has 2 aromatic rings. The summed E-state index contributed by atoms with van der Waals surface area (Å²) < 4.78 is 44.4. The van der Waals surface area contributed by atoms with E-state index in [0.29, 0.717) is 5.52 Å². The third kappa shape index (κ3) is 1.85. The maximum atomic E-state index is 13.4. The SMILES string of the molecule is COC(=O)C(N)(c1c(C)[nH]c2ccccc12)C(F)(F)F. The topological polar surface area (TPSA) is 68.1 Å². The van der Waals surface area contributed by atoms with Crippen molar-refractivity contribution in [1.29, 1.82) is 0 Å². The molecule has 0 amide bonds. The van der Waals surface area contributed by atoms with Crippen LogP contribution in [0.2, 0.25) is 0 Å². The average Bonchev–Trinajstić information content (AvgIpc) is 2.71. The zero-order valence-corrected chi connectivity index (χ0v) is 10.8. The quantitative estimate of drug-likeness (QED) is 0.833. The Morgan fingerprint density at radius 3 is 2.45 bits per heavy atom. The highest BCUT2D eigenvalue weighted by Gasteiger charge is 2.61. The fourth-order valence-corrected chi connectivity index (χ4v) is 2.31. The third-order valence-corrected chi connectivity index (χ3v) is 3.24. The molecule has 0 spiro atoms. The van der Waals surface area contributed by atoms with Crippen molar-refractivity contribution >= 4 is 16.9 Å². The van der Waals surface area contributed by atoms with Crippen molar-refractivity contribution in [2.24, 2.45) is 5.73 Å². The van der Waals surface area contributed by atoms with Gasteiger partial charge in [-0.05, 0) is 13.0 Å². The summed E-state index contributed by atoms with van der Waals surface area (Å²) in [6, 6.07) is 6.34. The second-order valence-electron chi connectivity index (χ2n) is 4.47. The lowest BCUT2D eigenvalue weighted by Gasteiger charge is -2.29. The molecule has 20 heavy (non-hydrogen) atoms. The van der Waals surface area contributed by atoms with Gasteiger partial charge in [-0.25, -0.2) is 4.79 Å². The van der Waals surface area contributed by atoms with Crippen LogP contribution in [0.1, 0.15) is 11.3 Å². The number of para-hydroxylation sites is 1. The molecule has 3 N–H and O–H groups in total. The molecule has 1 aromatic carbocycles. The summed E-state index contributed by atoms with van der Waals surface area (Å²) >= 11 is 0. The summed E-state index contributed by atoms with van der Waals surface area (Å²) in [4.78, 5) is 14.5. The first-order valence-corrected chi connectivity index (χ1v) is 5.75. The number of aryl methyl sites for hydroxylation is 1. The number of hydrogen-bond acceptors (Lipinski definition) is 3. The van der Waals surface area contributed by atoms with E-state index in [0.717, 1.165) is 7.11 Å². The van der Waals surface area contributed by atoms with Crippen LogP contribution in [0.15, 0.2) is 24.3 Å². The van der Waals surface area contributed by atoms with Crippen LogP contribution in [0, 0.1) is 6.92 Å². The zero-order chi connectivity index (χ0) is 15.1. The molecule has 0 bridgehead atoms. The Bertz CT molecular complexity index is 663. The molecule has 1 unspecified atom stereocenters. The lowest BCUT2D eigenvalue weighted by molar-refractivity contribution is -0.206. The minimum Gasteiger partial charge on any atom is -0.467 e. The number of H-pyrrole nitrogens is 1. The summed E-state index contributed by atoms with van der Waals surface area (Å²) in [6.45, 7) is 1.44. The van der Waals surface area contributed by atoms with E-state index in [-0.39, 0.29) is 16.6 Å². The number of benzene rings is 1. The number of fused-ring (bicyclic) bond motifs is 1. The van der Waals surface area contributed by atoms with Crippen molar-refractivity contribution in [3.05, 3.63) is 35.5 Å². The fourth-order valence-electron chi connectivity index (χ4n) is 2.31. The number of hydrogen-bond donors (Lipinski definition) is 2. The van der Waals surface area contributed by atoms with Crippen molar-refractivity contribution < 1.29 is 22.7 Å². The Hall–Kier alpha value is -2.02. The van der Waals surface area contributed by atoms with Gasteiger partial charge in [0, 0.05) is 22.2 Å². The van der Waals surface area contributed by atoms with Gasteiger partial charge in [-0.1, -0.05) is 18.2 Å². The number of ether oxygens (including phenoxy) is 1. The molecule has 0 aliphatic carbocycles. The summed E-state index contributed by atoms with van der Waals surface area (Å²) in [7, 11) is 0.875. The largest absolute Gasteiger partial charge is 0.467 e. The highest BCUT2D eigenvalue weighted by atomic mass is 19.4. The van der Waals surface area contributed by atoms with Gasteiger partial charge < -0.3 is 15.5 Å². The molecule has 0 saturated carbocycles. The van der Waals surface area contributed by atoms with E-state index >= 15 is 0 Å². The molecule has 1 heterocycles. The van der Waals surface area contributed by atoms with Gasteiger partial charge in [0.05, 0.1) is 7.11 Å². The van der Waals surface area contributed by atoms with E-state index in [9.17, 15) is 18.0 Å². The Labute approximate surface area is 112 Å². The van der Waals surface area contributed by atoms with Gasteiger partial charge in [-0.15, -0.1) is 0 Å². The van der Waals surface area contributed by atoms with Gasteiger partial charge in [-0.2, -0.15) is 13.2 Å². The lowest BCUT2D eigenvalue weighted by Crippen LogP contribution is -2.57. The Kier molecular flexibility index (Phi) is 3.25. The first-order valence-electron chi connectivity index (χ1n) is 5.75. The van der Waals surface area contributed by atoms with Crippen molar-refractivity contribution in [2.75, 3.05) is 7.11 Å². The molecule has 1 aromatic heterocycles. The van der Waals surface area contributed by atoms with Gasteiger partial charge in [0.15, 0.2) is 0 Å². The van der Waals surface area contributed by atoms with E-state index < -0.39 is 17.7 Å². The first-order chi connectivity index (χ1) is 9.23. The molecular weight excluding hydrogens is 273 g/mol. The first kappa shape index (κ1) is 14.4. The van der Waals surface area contributed by atoms with Gasteiger partial charge >= 0.3 is 12.1 Å². The van der Waals surface area contributed by atoms with Gasteiger partial charge in [-0.3, -0.25) is 0 Å². The molecule has 1 atom stereocenters. The molecule has 0 saturated heterocycles. The molecule has 108 valence electrons. The highest BCUT2D eigenvalue weighted by molar-refractivity contribution is 5.94. The number of halogens is 3. The van der Waals surface area contributed by atoms with Crippen LogP contribution in [0.5, 0.6) is 0 Å². The Morgan fingerprint density at radius 2 is 1.90 bits per heavy atom. The van der Waals surface area contributed by atoms with Crippen LogP contribution in [0.25, 0.3) is 10.9 Å². The number of carbonyl (C=O) groups excluding carboxylic acids is 1. The molecule has 0 aliphatic heterocycles. The van der Waals surface area contributed by atoms with Gasteiger partial charge in [0.1, 0.15) is 0 Å². The number of nitrogens with two attached hydrogens (primary N) is 1. The van der Waals surface area contributed by atoms with E-state index in [2.05, 4.69) is 9.72 Å². The van der Waals surface area contributed by atoms with Crippen molar-refractivity contribution in [3.63, 3.8) is 0 Å². The monoisotopic (exact) mass is 286 g/mol. The number of aromatic amines is 1. The second kappa shape index (κ2) is 4.52. The maximum absolute atomic E-state index is 13.4. The normalized spacial score (nSPS) is 15.1. The number of nitrogens with one attached hydrogen (secondary N) is 1. The molecule has 0 radical (unpaired) electrons. The lowest BCUT2D eigenvalue weighted by atomic mass is 9.88. The number of methoxy groups -OCH3 is 1. The standard InChI is InChI=1S/C13H13F3N2O2/c1-7-10(8-5-3-4-6-9(8)18-7)12(17,11(19)20-2)13(14,15)16/h3-6,18H,17H2,1-2H3. The number of carbonyl (C=O) groups is 1. The zero-order valence-electron chi connectivity index (χ0n) is 10.8. The highest BCUT2D eigenvalue weighted by Crippen LogP contribution is 2.42. The molecule has 2 rings (SSSR count). The molecular formula is C13H13F3N2O2. The van der Waals surface area contributed by atoms with Gasteiger partial charge in [0.2, 0.25) is 5.54 Å². The average molecular weight is 286 g/mol. The van der Waals surface area contributed by atoms with Crippen LogP contribution < -0.4 is 5.73 Å². The van der Waals surface area contributed by atoms with Crippen molar-refractivity contribution in [2.45, 2.75) is 18.6 Å². The van der Waals surface area contributed by atoms with Crippen LogP contribution in [0.3, 0.4) is 0 Å². The van der Waals surface area contributed by atoms with Crippen LogP contribution in [0.4, 0.5) is 13.2 Å². The Balaban J connectivity index is 2.83. The van der Waals surface area contributed by atoms with E-state index in [1.54, 1.807) is 18.2 Å². The summed E-state index contributed by atoms with van der Waals surface area (Å²) in [6.07, 6.45) is -4.98. The number of rotatable bonds is 2. The summed E-state index contributed by atoms with van der Waals surface area (Å²) in [5, 5.41) is 0.246. The summed E-state index contributed by atoms with van der Waals surface area (Å²) in [5.74, 6) is -1.54. The predicted octanol–water partition coefficient (Wildman–Crippen LogP) is 2.37. The molecule has 0 aliphatic rings. The van der Waals surface area contributed by atoms with E-state index in [1.807, 2.05) is 0 Å².